The molecule has 1 aliphatic rings. The molecule has 0 aromatic rings. The first-order valence-corrected chi connectivity index (χ1v) is 19.2. The fraction of sp³-hybridized carbons (Fsp3) is 1.00. The molecule has 0 aliphatic carbocycles. The normalized spacial score (nSPS) is 39.3. The van der Waals surface area contributed by atoms with Gasteiger partial charge in [0.2, 0.25) is 0 Å². The SMILES string of the molecule is CCCC[Si]1(C)O[Si](C)(C)O[Si](C)(CC)O[Si](C)(CCC)O1. The zero-order valence-electron chi connectivity index (χ0n) is 15.9. The molecular formula is C14H36O4Si4. The molecule has 1 aliphatic heterocycles. The van der Waals surface area contributed by atoms with Gasteiger partial charge in [-0.1, -0.05) is 40.0 Å². The molecule has 0 amide bonds. The molecule has 0 radical (unpaired) electrons. The van der Waals surface area contributed by atoms with E-state index in [1.54, 1.807) is 0 Å². The zero-order chi connectivity index (χ0) is 17.1. The van der Waals surface area contributed by atoms with E-state index in [1.165, 1.54) is 6.42 Å². The second-order valence-corrected chi connectivity index (χ2v) is 22.0. The van der Waals surface area contributed by atoms with Crippen LogP contribution >= 0.6 is 0 Å². The lowest BCUT2D eigenvalue weighted by atomic mass is 10.4. The summed E-state index contributed by atoms with van der Waals surface area (Å²) in [5.74, 6) is 0. The van der Waals surface area contributed by atoms with Crippen LogP contribution in [-0.4, -0.2) is 34.2 Å². The quantitative estimate of drug-likeness (QED) is 0.592. The lowest BCUT2D eigenvalue weighted by molar-refractivity contribution is 0.226. The van der Waals surface area contributed by atoms with Gasteiger partial charge in [-0.2, -0.15) is 0 Å². The Morgan fingerprint density at radius 1 is 0.591 bits per heavy atom. The number of unbranched alkanes of at least 4 members (excludes halogenated alkanes) is 1. The molecule has 1 saturated heterocycles. The molecule has 3 unspecified atom stereocenters. The first-order chi connectivity index (χ1) is 10.0. The Kier molecular flexibility index (Phi) is 7.29. The lowest BCUT2D eigenvalue weighted by Gasteiger charge is -2.49. The monoisotopic (exact) mass is 380 g/mol. The summed E-state index contributed by atoms with van der Waals surface area (Å²) in [6.07, 6.45) is 3.43. The first kappa shape index (κ1) is 20.8. The molecule has 0 N–H and O–H groups in total. The molecule has 8 heteroatoms. The van der Waals surface area contributed by atoms with Gasteiger partial charge in [-0.05, 0) is 50.9 Å². The van der Waals surface area contributed by atoms with E-state index in [1.807, 2.05) is 0 Å². The Hall–Kier alpha value is 0.708. The van der Waals surface area contributed by atoms with Gasteiger partial charge in [-0.25, -0.2) is 0 Å². The van der Waals surface area contributed by atoms with E-state index < -0.39 is 34.2 Å². The van der Waals surface area contributed by atoms with Gasteiger partial charge in [0.05, 0.1) is 0 Å². The predicted molar refractivity (Wildman–Crippen MR) is 102 cm³/mol. The maximum absolute atomic E-state index is 6.76. The molecule has 0 bridgehead atoms. The van der Waals surface area contributed by atoms with Crippen LogP contribution in [0.25, 0.3) is 0 Å². The van der Waals surface area contributed by atoms with Gasteiger partial charge < -0.3 is 16.5 Å². The van der Waals surface area contributed by atoms with Crippen molar-refractivity contribution in [2.24, 2.45) is 0 Å². The summed E-state index contributed by atoms with van der Waals surface area (Å²) in [7, 11) is -8.86. The molecule has 1 fully saturated rings. The Morgan fingerprint density at radius 2 is 1.09 bits per heavy atom. The van der Waals surface area contributed by atoms with Crippen molar-refractivity contribution in [3.8, 4) is 0 Å². The summed E-state index contributed by atoms with van der Waals surface area (Å²) >= 11 is 0. The van der Waals surface area contributed by atoms with Gasteiger partial charge >= 0.3 is 34.2 Å². The van der Waals surface area contributed by atoms with E-state index in [9.17, 15) is 0 Å². The molecular weight excluding hydrogens is 344 g/mol. The second kappa shape index (κ2) is 7.73. The fourth-order valence-electron chi connectivity index (χ4n) is 3.34. The third kappa shape index (κ3) is 5.97. The Morgan fingerprint density at radius 3 is 1.59 bits per heavy atom. The van der Waals surface area contributed by atoms with Gasteiger partial charge in [0, 0.05) is 0 Å². The van der Waals surface area contributed by atoms with Gasteiger partial charge in [0.25, 0.3) is 0 Å². The van der Waals surface area contributed by atoms with Gasteiger partial charge in [0.1, 0.15) is 0 Å². The smallest absolute Gasteiger partial charge is 0.317 e. The molecule has 0 spiro atoms. The highest BCUT2D eigenvalue weighted by Crippen LogP contribution is 2.36. The van der Waals surface area contributed by atoms with Crippen LogP contribution in [0.5, 0.6) is 0 Å². The van der Waals surface area contributed by atoms with Crippen LogP contribution in [0.3, 0.4) is 0 Å². The van der Waals surface area contributed by atoms with Crippen molar-refractivity contribution >= 4 is 34.2 Å². The number of hydrogen-bond donors (Lipinski definition) is 0. The molecule has 22 heavy (non-hydrogen) atoms. The largest absolute Gasteiger partial charge is 0.416 e. The molecule has 3 atom stereocenters. The lowest BCUT2D eigenvalue weighted by Crippen LogP contribution is -2.66. The van der Waals surface area contributed by atoms with Gasteiger partial charge in [-0.3, -0.25) is 0 Å². The molecule has 4 nitrogen and oxygen atoms in total. The van der Waals surface area contributed by atoms with Crippen LogP contribution < -0.4 is 0 Å². The summed E-state index contributed by atoms with van der Waals surface area (Å²) in [5, 5.41) is 0. The van der Waals surface area contributed by atoms with Gasteiger partial charge in [0.15, 0.2) is 0 Å². The summed E-state index contributed by atoms with van der Waals surface area (Å²) < 4.78 is 26.6. The molecule has 0 aromatic heterocycles. The molecule has 1 rings (SSSR count). The minimum atomic E-state index is -2.23. The summed E-state index contributed by atoms with van der Waals surface area (Å²) in [6, 6.07) is 3.03. The summed E-state index contributed by atoms with van der Waals surface area (Å²) in [5.41, 5.74) is 0. The Labute approximate surface area is 141 Å². The fourth-order valence-corrected chi connectivity index (χ4v) is 25.8. The minimum Gasteiger partial charge on any atom is -0.416 e. The van der Waals surface area contributed by atoms with Crippen LogP contribution in [0, 0.1) is 0 Å². The third-order valence-electron chi connectivity index (χ3n) is 4.12. The van der Waals surface area contributed by atoms with E-state index >= 15 is 0 Å². The van der Waals surface area contributed by atoms with E-state index in [0.717, 1.165) is 31.0 Å². The van der Waals surface area contributed by atoms with Crippen molar-refractivity contribution in [3.05, 3.63) is 0 Å². The van der Waals surface area contributed by atoms with Crippen LogP contribution in [-0.2, 0) is 16.5 Å². The van der Waals surface area contributed by atoms with Crippen LogP contribution in [0.15, 0.2) is 0 Å². The summed E-state index contributed by atoms with van der Waals surface area (Å²) in [6.45, 7) is 17.5. The highest BCUT2D eigenvalue weighted by molar-refractivity contribution is 6.93. The molecule has 132 valence electrons. The molecule has 1 heterocycles. The van der Waals surface area contributed by atoms with E-state index in [2.05, 4.69) is 53.5 Å². The van der Waals surface area contributed by atoms with E-state index in [-0.39, 0.29) is 0 Å². The topological polar surface area (TPSA) is 36.9 Å². The maximum atomic E-state index is 6.76. The third-order valence-corrected chi connectivity index (χ3v) is 22.4. The number of hydrogen-bond acceptors (Lipinski definition) is 4. The Balaban J connectivity index is 3.11. The zero-order valence-corrected chi connectivity index (χ0v) is 19.9. The highest BCUT2D eigenvalue weighted by Gasteiger charge is 2.54. The van der Waals surface area contributed by atoms with Crippen molar-refractivity contribution in [1.29, 1.82) is 0 Å². The van der Waals surface area contributed by atoms with Crippen molar-refractivity contribution in [3.63, 3.8) is 0 Å². The average molecular weight is 381 g/mol. The average Bonchev–Trinajstić information content (AvgIpc) is 2.33. The summed E-state index contributed by atoms with van der Waals surface area (Å²) in [4.78, 5) is 0. The first-order valence-electron chi connectivity index (χ1n) is 8.81. The van der Waals surface area contributed by atoms with Crippen LogP contribution in [0.1, 0.15) is 40.0 Å². The second-order valence-electron chi connectivity index (χ2n) is 7.42. The van der Waals surface area contributed by atoms with Gasteiger partial charge in [-0.15, -0.1) is 0 Å². The standard InChI is InChI=1S/C14H36O4Si4/c1-9-12-14-22(8)16-19(4,5)15-20(6,11-3)17-21(7,18-22)13-10-2/h9-14H2,1-8H3. The van der Waals surface area contributed by atoms with Crippen LogP contribution in [0.2, 0.25) is 50.9 Å². The predicted octanol–water partition coefficient (Wildman–Crippen LogP) is 5.21. The van der Waals surface area contributed by atoms with E-state index in [4.69, 9.17) is 16.5 Å². The van der Waals surface area contributed by atoms with Crippen molar-refractivity contribution in [2.75, 3.05) is 0 Å². The highest BCUT2D eigenvalue weighted by atomic mass is 28.5. The maximum Gasteiger partial charge on any atom is 0.317 e. The van der Waals surface area contributed by atoms with Crippen molar-refractivity contribution in [1.82, 2.24) is 0 Å². The molecule has 0 aromatic carbocycles. The van der Waals surface area contributed by atoms with Crippen LogP contribution in [0.4, 0.5) is 0 Å². The number of rotatable bonds is 6. The minimum absolute atomic E-state index is 0.954. The molecule has 0 saturated carbocycles. The van der Waals surface area contributed by atoms with Crippen molar-refractivity contribution in [2.45, 2.75) is 90.9 Å². The van der Waals surface area contributed by atoms with E-state index in [0.29, 0.717) is 0 Å². The van der Waals surface area contributed by atoms with Crippen molar-refractivity contribution < 1.29 is 16.5 Å². The Bertz CT molecular complexity index is 369.